The molecule has 2 aromatic carbocycles. The number of nitrogens with zero attached hydrogens (tertiary/aromatic N) is 1. The van der Waals surface area contributed by atoms with E-state index in [1.54, 1.807) is 24.3 Å². The molecule has 0 aromatic heterocycles. The third kappa shape index (κ3) is 2.80. The SMILES string of the molecule is C=Nc1ccccc1C=CC(=O)c1ccccc1. The molecular weight excluding hydrogens is 222 g/mol. The van der Waals surface area contributed by atoms with Crippen LogP contribution in [0.15, 0.2) is 65.7 Å². The Labute approximate surface area is 106 Å². The molecular formula is C16H13NO. The summed E-state index contributed by atoms with van der Waals surface area (Å²) in [4.78, 5) is 15.8. The summed E-state index contributed by atoms with van der Waals surface area (Å²) in [5, 5.41) is 0. The molecule has 0 aliphatic heterocycles. The predicted molar refractivity (Wildman–Crippen MR) is 75.5 cm³/mol. The average molecular weight is 235 g/mol. The molecule has 0 saturated carbocycles. The van der Waals surface area contributed by atoms with Gasteiger partial charge in [0, 0.05) is 11.1 Å². The Morgan fingerprint density at radius 3 is 2.39 bits per heavy atom. The lowest BCUT2D eigenvalue weighted by molar-refractivity contribution is 0.104. The minimum Gasteiger partial charge on any atom is -0.289 e. The first-order valence-corrected chi connectivity index (χ1v) is 5.64. The molecule has 0 atom stereocenters. The van der Waals surface area contributed by atoms with Gasteiger partial charge in [0.15, 0.2) is 5.78 Å². The van der Waals surface area contributed by atoms with Gasteiger partial charge in [-0.25, -0.2) is 0 Å². The summed E-state index contributed by atoms with van der Waals surface area (Å²) in [6, 6.07) is 16.7. The van der Waals surface area contributed by atoms with Crippen LogP contribution in [0.4, 0.5) is 5.69 Å². The lowest BCUT2D eigenvalue weighted by atomic mass is 10.1. The number of aliphatic imine (C=N–C) groups is 1. The summed E-state index contributed by atoms with van der Waals surface area (Å²) in [5.41, 5.74) is 2.34. The highest BCUT2D eigenvalue weighted by Crippen LogP contribution is 2.19. The van der Waals surface area contributed by atoms with Gasteiger partial charge in [-0.2, -0.15) is 0 Å². The minimum atomic E-state index is -0.0190. The van der Waals surface area contributed by atoms with Gasteiger partial charge in [-0.15, -0.1) is 0 Å². The Bertz CT molecular complexity index is 585. The van der Waals surface area contributed by atoms with Crippen LogP contribution in [-0.4, -0.2) is 12.5 Å². The molecule has 2 heteroatoms. The number of rotatable bonds is 4. The van der Waals surface area contributed by atoms with E-state index < -0.39 is 0 Å². The van der Waals surface area contributed by atoms with Gasteiger partial charge in [-0.05, 0) is 24.9 Å². The Kier molecular flexibility index (Phi) is 3.82. The Morgan fingerprint density at radius 1 is 1.00 bits per heavy atom. The van der Waals surface area contributed by atoms with Crippen molar-refractivity contribution in [3.63, 3.8) is 0 Å². The van der Waals surface area contributed by atoms with Crippen molar-refractivity contribution in [2.45, 2.75) is 0 Å². The van der Waals surface area contributed by atoms with E-state index in [-0.39, 0.29) is 5.78 Å². The van der Waals surface area contributed by atoms with E-state index in [0.717, 1.165) is 11.3 Å². The van der Waals surface area contributed by atoms with E-state index in [9.17, 15) is 4.79 Å². The summed E-state index contributed by atoms with van der Waals surface area (Å²) in [7, 11) is 0. The first-order chi connectivity index (χ1) is 8.81. The van der Waals surface area contributed by atoms with Crippen LogP contribution in [0.25, 0.3) is 6.08 Å². The number of carbonyl (C=O) groups is 1. The number of hydrogen-bond acceptors (Lipinski definition) is 2. The van der Waals surface area contributed by atoms with Crippen LogP contribution < -0.4 is 0 Å². The van der Waals surface area contributed by atoms with Gasteiger partial charge in [0.1, 0.15) is 0 Å². The minimum absolute atomic E-state index is 0.0190. The number of hydrogen-bond donors (Lipinski definition) is 0. The van der Waals surface area contributed by atoms with Crippen molar-refractivity contribution in [2.24, 2.45) is 4.99 Å². The van der Waals surface area contributed by atoms with Gasteiger partial charge < -0.3 is 0 Å². The van der Waals surface area contributed by atoms with E-state index in [1.165, 1.54) is 0 Å². The molecule has 0 saturated heterocycles. The molecule has 0 amide bonds. The Hall–Kier alpha value is -2.48. The Balaban J connectivity index is 2.21. The fraction of sp³-hybridized carbons (Fsp3) is 0. The van der Waals surface area contributed by atoms with Crippen molar-refractivity contribution in [1.82, 2.24) is 0 Å². The highest BCUT2D eigenvalue weighted by molar-refractivity contribution is 6.07. The largest absolute Gasteiger partial charge is 0.289 e. The predicted octanol–water partition coefficient (Wildman–Crippen LogP) is 3.91. The van der Waals surface area contributed by atoms with Crippen molar-refractivity contribution in [1.29, 1.82) is 0 Å². The zero-order chi connectivity index (χ0) is 12.8. The summed E-state index contributed by atoms with van der Waals surface area (Å²) >= 11 is 0. The van der Waals surface area contributed by atoms with E-state index in [0.29, 0.717) is 5.56 Å². The summed E-state index contributed by atoms with van der Waals surface area (Å²) in [6.45, 7) is 3.51. The van der Waals surface area contributed by atoms with Crippen molar-refractivity contribution >= 4 is 24.3 Å². The van der Waals surface area contributed by atoms with E-state index in [4.69, 9.17) is 0 Å². The second-order valence-electron chi connectivity index (χ2n) is 3.78. The summed E-state index contributed by atoms with van der Waals surface area (Å²) in [6.07, 6.45) is 3.32. The highest BCUT2D eigenvalue weighted by atomic mass is 16.1. The van der Waals surface area contributed by atoms with Crippen molar-refractivity contribution in [2.75, 3.05) is 0 Å². The molecule has 0 spiro atoms. The molecule has 0 heterocycles. The monoisotopic (exact) mass is 235 g/mol. The first-order valence-electron chi connectivity index (χ1n) is 5.64. The lowest BCUT2D eigenvalue weighted by Gasteiger charge is -1.98. The molecule has 0 unspecified atom stereocenters. The van der Waals surface area contributed by atoms with E-state index in [2.05, 4.69) is 11.7 Å². The third-order valence-electron chi connectivity index (χ3n) is 2.58. The van der Waals surface area contributed by atoms with Crippen LogP contribution in [0.3, 0.4) is 0 Å². The highest BCUT2D eigenvalue weighted by Gasteiger charge is 2.00. The van der Waals surface area contributed by atoms with Crippen molar-refractivity contribution in [3.8, 4) is 0 Å². The molecule has 2 rings (SSSR count). The fourth-order valence-corrected chi connectivity index (χ4v) is 1.64. The summed E-state index contributed by atoms with van der Waals surface area (Å²) < 4.78 is 0. The zero-order valence-electron chi connectivity index (χ0n) is 9.91. The van der Waals surface area contributed by atoms with Crippen LogP contribution in [0, 0.1) is 0 Å². The molecule has 88 valence electrons. The zero-order valence-corrected chi connectivity index (χ0v) is 9.91. The normalized spacial score (nSPS) is 10.4. The van der Waals surface area contributed by atoms with E-state index >= 15 is 0 Å². The fourth-order valence-electron chi connectivity index (χ4n) is 1.64. The number of carbonyl (C=O) groups excluding carboxylic acids is 1. The number of ketones is 1. The second-order valence-corrected chi connectivity index (χ2v) is 3.78. The van der Waals surface area contributed by atoms with Crippen LogP contribution >= 0.6 is 0 Å². The maximum atomic E-state index is 11.9. The molecule has 0 fully saturated rings. The third-order valence-corrected chi connectivity index (χ3v) is 2.58. The average Bonchev–Trinajstić information content (AvgIpc) is 2.46. The number of benzene rings is 2. The van der Waals surface area contributed by atoms with Gasteiger partial charge in [-0.1, -0.05) is 48.5 Å². The van der Waals surface area contributed by atoms with Crippen LogP contribution in [0.1, 0.15) is 15.9 Å². The maximum Gasteiger partial charge on any atom is 0.185 e. The number of allylic oxidation sites excluding steroid dienone is 1. The van der Waals surface area contributed by atoms with Crippen LogP contribution in [0.2, 0.25) is 0 Å². The van der Waals surface area contributed by atoms with Crippen LogP contribution in [0.5, 0.6) is 0 Å². The lowest BCUT2D eigenvalue weighted by Crippen LogP contribution is -1.92. The van der Waals surface area contributed by atoms with Gasteiger partial charge in [0.2, 0.25) is 0 Å². The van der Waals surface area contributed by atoms with Crippen molar-refractivity contribution in [3.05, 3.63) is 71.8 Å². The number of para-hydroxylation sites is 1. The topological polar surface area (TPSA) is 29.4 Å². The van der Waals surface area contributed by atoms with Gasteiger partial charge >= 0.3 is 0 Å². The van der Waals surface area contributed by atoms with Crippen LogP contribution in [-0.2, 0) is 0 Å². The van der Waals surface area contributed by atoms with Gasteiger partial charge in [-0.3, -0.25) is 9.79 Å². The molecule has 2 nitrogen and oxygen atoms in total. The van der Waals surface area contributed by atoms with Crippen molar-refractivity contribution < 1.29 is 4.79 Å². The molecule has 0 aliphatic carbocycles. The maximum absolute atomic E-state index is 11.9. The quantitative estimate of drug-likeness (QED) is 0.448. The molecule has 18 heavy (non-hydrogen) atoms. The molecule has 0 N–H and O–H groups in total. The van der Waals surface area contributed by atoms with Gasteiger partial charge in [0.05, 0.1) is 5.69 Å². The molecule has 0 radical (unpaired) electrons. The Morgan fingerprint density at radius 2 is 1.67 bits per heavy atom. The first kappa shape index (κ1) is 12.0. The second kappa shape index (κ2) is 5.73. The smallest absolute Gasteiger partial charge is 0.185 e. The molecule has 0 bridgehead atoms. The standard InChI is InChI=1S/C16H13NO/c1-17-15-10-6-5-7-13(15)11-12-16(18)14-8-3-2-4-9-14/h2-12H,1H2. The van der Waals surface area contributed by atoms with E-state index in [1.807, 2.05) is 42.5 Å². The molecule has 0 aliphatic rings. The van der Waals surface area contributed by atoms with Gasteiger partial charge in [0.25, 0.3) is 0 Å². The molecule has 2 aromatic rings. The summed E-state index contributed by atoms with van der Waals surface area (Å²) in [5.74, 6) is -0.0190.